The Morgan fingerprint density at radius 3 is 1.90 bits per heavy atom. The van der Waals surface area contributed by atoms with E-state index in [9.17, 15) is 5.26 Å². The highest BCUT2D eigenvalue weighted by atomic mass is 28.3. The van der Waals surface area contributed by atoms with Crippen LogP contribution in [0.5, 0.6) is 0 Å². The Morgan fingerprint density at radius 1 is 0.660 bits per heavy atom. The Bertz CT molecular complexity index is 2500. The lowest BCUT2D eigenvalue weighted by Crippen LogP contribution is -2.65. The van der Waals surface area contributed by atoms with Gasteiger partial charge < -0.3 is 4.42 Å². The van der Waals surface area contributed by atoms with Gasteiger partial charge in [-0.15, -0.1) is 0 Å². The highest BCUT2D eigenvalue weighted by Gasteiger charge is 2.36. The molecule has 8 rings (SSSR count). The zero-order valence-corrected chi connectivity index (χ0v) is 30.1. The van der Waals surface area contributed by atoms with Gasteiger partial charge in [-0.3, -0.25) is 4.57 Å². The lowest BCUT2D eigenvalue weighted by molar-refractivity contribution is 0.669. The number of imidazole rings is 1. The van der Waals surface area contributed by atoms with Crippen molar-refractivity contribution in [2.45, 2.75) is 46.1 Å². The van der Waals surface area contributed by atoms with Crippen LogP contribution in [-0.2, 0) is 0 Å². The van der Waals surface area contributed by atoms with Gasteiger partial charge in [0.2, 0.25) is 0 Å². The number of para-hydroxylation sites is 3. The van der Waals surface area contributed by atoms with Crippen molar-refractivity contribution in [2.75, 3.05) is 0 Å². The van der Waals surface area contributed by atoms with Crippen molar-refractivity contribution in [1.29, 1.82) is 5.26 Å². The minimum absolute atomic E-state index is 0.243. The molecule has 0 saturated carbocycles. The molecule has 244 valence electrons. The number of nitrogens with zero attached hydrogens (tertiary/aromatic N) is 3. The molecule has 0 aliphatic carbocycles. The molecule has 2 heterocycles. The van der Waals surface area contributed by atoms with Gasteiger partial charge in [0.15, 0.2) is 0 Å². The van der Waals surface area contributed by atoms with Crippen LogP contribution in [0.15, 0.2) is 138 Å². The highest BCUT2D eigenvalue weighted by molar-refractivity contribution is 7.10. The van der Waals surface area contributed by atoms with Gasteiger partial charge in [0.05, 0.1) is 33.9 Å². The molecule has 0 bridgehead atoms. The lowest BCUT2D eigenvalue weighted by Gasteiger charge is -2.33. The van der Waals surface area contributed by atoms with E-state index >= 15 is 0 Å². The number of rotatable bonds is 7. The van der Waals surface area contributed by atoms with E-state index in [0.29, 0.717) is 11.1 Å². The Balaban J connectivity index is 1.46. The predicted octanol–water partition coefficient (Wildman–Crippen LogP) is 9.81. The molecule has 0 N–H and O–H groups in total. The lowest BCUT2D eigenvalue weighted by atomic mass is 9.92. The number of furan rings is 1. The van der Waals surface area contributed by atoms with Gasteiger partial charge in [-0.25, -0.2) is 4.98 Å². The Labute approximate surface area is 294 Å². The maximum absolute atomic E-state index is 9.59. The summed E-state index contributed by atoms with van der Waals surface area (Å²) < 4.78 is 8.97. The molecular formula is C45H39N3OSi. The third-order valence-electron chi connectivity index (χ3n) is 10.3. The van der Waals surface area contributed by atoms with E-state index in [1.807, 2.05) is 18.2 Å². The molecule has 0 aliphatic heterocycles. The zero-order chi connectivity index (χ0) is 34.6. The average molecular weight is 666 g/mol. The fourth-order valence-electron chi connectivity index (χ4n) is 7.63. The number of hydrogen-bond donors (Lipinski definition) is 0. The molecule has 0 radical (unpaired) electrons. The molecule has 0 aliphatic rings. The Hall–Kier alpha value is -5.70. The monoisotopic (exact) mass is 665 g/mol. The zero-order valence-electron chi connectivity index (χ0n) is 29.1. The van der Waals surface area contributed by atoms with Crippen LogP contribution in [0, 0.1) is 11.3 Å². The fourth-order valence-corrected chi connectivity index (χ4v) is 11.2. The summed E-state index contributed by atoms with van der Waals surface area (Å²) in [6.07, 6.45) is 0. The normalized spacial score (nSPS) is 12.0. The van der Waals surface area contributed by atoms with Crippen LogP contribution in [0.4, 0.5) is 0 Å². The third kappa shape index (κ3) is 4.98. The SMILES string of the molecule is CC(C)c1cc([Si](C)(c2ccccc2)c2ccccc2)cc(C(C)C)c1-n1c(-c2cccc3c2oc2cc(C#N)ccc23)nc2ccccc21. The molecule has 0 saturated heterocycles. The first-order valence-electron chi connectivity index (χ1n) is 17.4. The van der Waals surface area contributed by atoms with E-state index in [1.165, 1.54) is 32.4 Å². The van der Waals surface area contributed by atoms with Crippen LogP contribution in [0.25, 0.3) is 50.0 Å². The summed E-state index contributed by atoms with van der Waals surface area (Å²) in [4.78, 5) is 5.34. The van der Waals surface area contributed by atoms with E-state index in [1.54, 1.807) is 0 Å². The minimum atomic E-state index is -2.40. The van der Waals surface area contributed by atoms with Gasteiger partial charge >= 0.3 is 0 Å². The molecule has 0 spiro atoms. The van der Waals surface area contributed by atoms with E-state index in [4.69, 9.17) is 9.40 Å². The van der Waals surface area contributed by atoms with Gasteiger partial charge in [0.25, 0.3) is 0 Å². The highest BCUT2D eigenvalue weighted by Crippen LogP contribution is 2.41. The molecule has 2 aromatic heterocycles. The second kappa shape index (κ2) is 12.3. The van der Waals surface area contributed by atoms with Crippen molar-refractivity contribution in [2.24, 2.45) is 0 Å². The Kier molecular flexibility index (Phi) is 7.77. The first kappa shape index (κ1) is 31.6. The molecule has 4 nitrogen and oxygen atoms in total. The van der Waals surface area contributed by atoms with Crippen molar-refractivity contribution in [1.82, 2.24) is 9.55 Å². The van der Waals surface area contributed by atoms with Gasteiger partial charge in [-0.1, -0.05) is 131 Å². The summed E-state index contributed by atoms with van der Waals surface area (Å²) in [5, 5.41) is 15.8. The Morgan fingerprint density at radius 2 is 1.28 bits per heavy atom. The van der Waals surface area contributed by atoms with Gasteiger partial charge in [0, 0.05) is 10.8 Å². The van der Waals surface area contributed by atoms with E-state index in [2.05, 4.69) is 160 Å². The van der Waals surface area contributed by atoms with Crippen molar-refractivity contribution < 1.29 is 4.42 Å². The summed E-state index contributed by atoms with van der Waals surface area (Å²) in [6.45, 7) is 11.7. The number of benzene rings is 6. The number of fused-ring (bicyclic) bond motifs is 4. The van der Waals surface area contributed by atoms with Crippen LogP contribution < -0.4 is 15.6 Å². The fraction of sp³-hybridized carbons (Fsp3) is 0.156. The standard InChI is InChI=1S/C45H39N3OSi/c1-29(2)38-26-34(50(5,32-15-8-6-9-16-32)33-17-10-7-11-18-33)27-39(30(3)4)43(38)48-41-22-13-12-21-40(41)47-45(48)37-20-14-19-36-35-24-23-31(28-46)25-42(35)49-44(36)37/h6-27,29-30H,1-5H3. The van der Waals surface area contributed by atoms with Crippen LogP contribution in [0.2, 0.25) is 6.55 Å². The molecule has 5 heteroatoms. The van der Waals surface area contributed by atoms with Crippen molar-refractivity contribution in [3.63, 3.8) is 0 Å². The smallest absolute Gasteiger partial charge is 0.149 e. The van der Waals surface area contributed by atoms with Crippen molar-refractivity contribution in [3.05, 3.63) is 150 Å². The summed E-state index contributed by atoms with van der Waals surface area (Å²) in [5.41, 5.74) is 8.78. The van der Waals surface area contributed by atoms with E-state index in [-0.39, 0.29) is 11.8 Å². The second-order valence-corrected chi connectivity index (χ2v) is 18.0. The largest absolute Gasteiger partial charge is 0.455 e. The average Bonchev–Trinajstić information content (AvgIpc) is 3.72. The van der Waals surface area contributed by atoms with Crippen molar-refractivity contribution in [3.8, 4) is 23.1 Å². The van der Waals surface area contributed by atoms with Gasteiger partial charge in [-0.2, -0.15) is 5.26 Å². The van der Waals surface area contributed by atoms with Gasteiger partial charge in [0.1, 0.15) is 25.1 Å². The molecule has 0 unspecified atom stereocenters. The first-order chi connectivity index (χ1) is 24.3. The second-order valence-electron chi connectivity index (χ2n) is 14.0. The molecule has 0 atom stereocenters. The third-order valence-corrected chi connectivity index (χ3v) is 14.8. The number of nitriles is 1. The first-order valence-corrected chi connectivity index (χ1v) is 19.9. The van der Waals surface area contributed by atoms with Crippen LogP contribution in [-0.4, -0.2) is 17.6 Å². The predicted molar refractivity (Wildman–Crippen MR) is 210 cm³/mol. The van der Waals surface area contributed by atoms with Crippen molar-refractivity contribution >= 4 is 56.6 Å². The summed E-state index contributed by atoms with van der Waals surface area (Å²) >= 11 is 0. The summed E-state index contributed by atoms with van der Waals surface area (Å²) in [6, 6.07) is 49.8. The summed E-state index contributed by atoms with van der Waals surface area (Å²) in [5.74, 6) is 1.33. The maximum Gasteiger partial charge on any atom is 0.149 e. The molecule has 0 fully saturated rings. The van der Waals surface area contributed by atoms with E-state index in [0.717, 1.165) is 38.8 Å². The van der Waals surface area contributed by atoms with E-state index < -0.39 is 8.07 Å². The molecule has 0 amide bonds. The molecule has 50 heavy (non-hydrogen) atoms. The van der Waals surface area contributed by atoms with Gasteiger partial charge in [-0.05, 0) is 74.9 Å². The van der Waals surface area contributed by atoms with Crippen LogP contribution in [0.3, 0.4) is 0 Å². The maximum atomic E-state index is 9.59. The molecule has 6 aromatic carbocycles. The van der Waals surface area contributed by atoms with Crippen LogP contribution >= 0.6 is 0 Å². The van der Waals surface area contributed by atoms with Crippen LogP contribution in [0.1, 0.15) is 56.2 Å². The minimum Gasteiger partial charge on any atom is -0.455 e. The molecule has 8 aromatic rings. The number of aromatic nitrogens is 2. The summed E-state index contributed by atoms with van der Waals surface area (Å²) in [7, 11) is -2.40. The topological polar surface area (TPSA) is 54.8 Å². The molecular weight excluding hydrogens is 627 g/mol. The quantitative estimate of drug-likeness (QED) is 0.126. The number of hydrogen-bond acceptors (Lipinski definition) is 3.